The van der Waals surface area contributed by atoms with Crippen LogP contribution in [0.25, 0.3) is 0 Å². The fourth-order valence-electron chi connectivity index (χ4n) is 7.47. The van der Waals surface area contributed by atoms with E-state index in [4.69, 9.17) is 4.74 Å². The number of aromatic nitrogens is 2. The number of nitrogens with zero attached hydrogens (tertiary/aromatic N) is 4. The summed E-state index contributed by atoms with van der Waals surface area (Å²) in [6.07, 6.45) is 10.00. The molecule has 0 spiro atoms. The van der Waals surface area contributed by atoms with Crippen LogP contribution in [-0.4, -0.2) is 70.5 Å². The molecule has 6 rings (SSSR count). The van der Waals surface area contributed by atoms with Crippen molar-refractivity contribution in [3.8, 4) is 0 Å². The molecule has 1 aromatic carbocycles. The Morgan fingerprint density at radius 2 is 1.60 bits per heavy atom. The van der Waals surface area contributed by atoms with Gasteiger partial charge in [-0.3, -0.25) is 9.59 Å². The third kappa shape index (κ3) is 6.95. The molecule has 48 heavy (non-hydrogen) atoms. The Bertz CT molecular complexity index is 1750. The Balaban J connectivity index is 1.27. The lowest BCUT2D eigenvalue weighted by Gasteiger charge is -2.40. The molecule has 2 aromatic heterocycles. The Labute approximate surface area is 286 Å². The highest BCUT2D eigenvalue weighted by Gasteiger charge is 2.38. The predicted molar refractivity (Wildman–Crippen MR) is 184 cm³/mol. The van der Waals surface area contributed by atoms with E-state index in [0.717, 1.165) is 74.6 Å². The van der Waals surface area contributed by atoms with Gasteiger partial charge in [-0.05, 0) is 88.8 Å². The van der Waals surface area contributed by atoms with Crippen molar-refractivity contribution in [2.24, 2.45) is 0 Å². The second-order valence-corrected chi connectivity index (χ2v) is 16.1. The molecule has 2 amide bonds. The summed E-state index contributed by atoms with van der Waals surface area (Å²) >= 11 is 1.26. The van der Waals surface area contributed by atoms with Crippen LogP contribution in [0.4, 0.5) is 9.80 Å². The van der Waals surface area contributed by atoms with Crippen LogP contribution in [-0.2, 0) is 27.7 Å². The first-order valence-electron chi connectivity index (χ1n) is 17.2. The number of carbonyl (C=O) groups is 3. The van der Waals surface area contributed by atoms with Crippen LogP contribution in [0.2, 0.25) is 0 Å². The molecular weight excluding hydrogens is 651 g/mol. The number of sulfonamides is 1. The van der Waals surface area contributed by atoms with Gasteiger partial charge in [0.05, 0.1) is 29.3 Å². The zero-order valence-electron chi connectivity index (χ0n) is 28.0. The van der Waals surface area contributed by atoms with E-state index < -0.39 is 22.0 Å². The van der Waals surface area contributed by atoms with Gasteiger partial charge in [0.25, 0.3) is 11.8 Å². The maximum Gasteiger partial charge on any atom is 0.410 e. The first-order chi connectivity index (χ1) is 23.1. The summed E-state index contributed by atoms with van der Waals surface area (Å²) in [4.78, 5) is 42.7. The van der Waals surface area contributed by atoms with Gasteiger partial charge in [-0.1, -0.05) is 38.5 Å². The first kappa shape index (κ1) is 34.3. The van der Waals surface area contributed by atoms with E-state index in [0.29, 0.717) is 34.9 Å². The maximum atomic E-state index is 14.2. The van der Waals surface area contributed by atoms with Gasteiger partial charge in [0.2, 0.25) is 10.0 Å². The Hall–Kier alpha value is -3.55. The fourth-order valence-corrected chi connectivity index (χ4v) is 10.6. The van der Waals surface area contributed by atoms with Crippen LogP contribution >= 0.6 is 11.3 Å². The number of rotatable bonds is 8. The largest absolute Gasteiger partial charge is 0.450 e. The van der Waals surface area contributed by atoms with Crippen molar-refractivity contribution in [1.29, 1.82) is 0 Å². The zero-order valence-corrected chi connectivity index (χ0v) is 29.6. The number of carbonyl (C=O) groups excluding carboxylic acids is 3. The third-order valence-electron chi connectivity index (χ3n) is 9.79. The molecule has 13 heteroatoms. The molecule has 0 saturated heterocycles. The van der Waals surface area contributed by atoms with Gasteiger partial charge in [0.15, 0.2) is 0 Å². The van der Waals surface area contributed by atoms with Crippen LogP contribution in [0.5, 0.6) is 0 Å². The average Bonchev–Trinajstić information content (AvgIpc) is 3.62. The van der Waals surface area contributed by atoms with Crippen LogP contribution < -0.4 is 5.32 Å². The number of hydrogen-bond acceptors (Lipinski definition) is 8. The van der Waals surface area contributed by atoms with E-state index in [9.17, 15) is 22.8 Å². The summed E-state index contributed by atoms with van der Waals surface area (Å²) in [6.45, 7) is 6.26. The number of anilines is 1. The second kappa shape index (κ2) is 14.5. The van der Waals surface area contributed by atoms with Crippen LogP contribution in [0.1, 0.15) is 114 Å². The number of nitrogens with one attached hydrogen (secondary N) is 1. The molecule has 1 N–H and O–H groups in total. The molecule has 2 fully saturated rings. The molecular formula is C35H45N5O6S2. The van der Waals surface area contributed by atoms with Crippen molar-refractivity contribution in [2.45, 2.75) is 115 Å². The fraction of sp³-hybridized carbons (Fsp3) is 0.543. The van der Waals surface area contributed by atoms with E-state index in [1.807, 2.05) is 17.3 Å². The van der Waals surface area contributed by atoms with Crippen LogP contribution in [0.15, 0.2) is 35.2 Å². The minimum atomic E-state index is -3.76. The number of fused-ring (bicyclic) bond motifs is 1. The molecule has 3 aromatic rings. The van der Waals surface area contributed by atoms with Crippen molar-refractivity contribution >= 4 is 44.3 Å². The van der Waals surface area contributed by atoms with E-state index in [2.05, 4.69) is 10.4 Å². The SMILES string of the molecule is CCOC(=O)N1CCc2c(sc(NC(=O)c3ccc(S(=O)(=O)N(C4CCCCC4)C4CCCCC4)cc3)c2C(=O)n2nc(C)cc2C)C1. The second-order valence-electron chi connectivity index (χ2n) is 13.1. The molecule has 0 atom stereocenters. The quantitative estimate of drug-likeness (QED) is 0.279. The summed E-state index contributed by atoms with van der Waals surface area (Å²) in [5.41, 5.74) is 2.78. The number of hydrogen-bond donors (Lipinski definition) is 1. The molecule has 2 aliphatic carbocycles. The van der Waals surface area contributed by atoms with Gasteiger partial charge in [-0.2, -0.15) is 9.40 Å². The third-order valence-corrected chi connectivity index (χ3v) is 12.9. The van der Waals surface area contributed by atoms with Crippen molar-refractivity contribution in [3.05, 3.63) is 63.3 Å². The van der Waals surface area contributed by atoms with Crippen molar-refractivity contribution in [3.63, 3.8) is 0 Å². The lowest BCUT2D eigenvalue weighted by atomic mass is 9.91. The van der Waals surface area contributed by atoms with E-state index in [1.165, 1.54) is 28.2 Å². The Kier molecular flexibility index (Phi) is 10.4. The predicted octanol–water partition coefficient (Wildman–Crippen LogP) is 6.67. The molecule has 0 unspecified atom stereocenters. The Morgan fingerprint density at radius 3 is 2.17 bits per heavy atom. The lowest BCUT2D eigenvalue weighted by molar-refractivity contribution is 0.0941. The van der Waals surface area contributed by atoms with E-state index in [1.54, 1.807) is 30.9 Å². The molecule has 11 nitrogen and oxygen atoms in total. The maximum absolute atomic E-state index is 14.2. The average molecular weight is 696 g/mol. The van der Waals surface area contributed by atoms with Gasteiger partial charge < -0.3 is 15.0 Å². The highest BCUT2D eigenvalue weighted by Crippen LogP contribution is 2.39. The molecule has 3 aliphatic rings. The number of aryl methyl sites for hydroxylation is 2. The summed E-state index contributed by atoms with van der Waals surface area (Å²) < 4.78 is 36.7. The molecule has 0 bridgehead atoms. The van der Waals surface area contributed by atoms with Crippen LogP contribution in [0.3, 0.4) is 0 Å². The number of benzene rings is 1. The molecule has 2 saturated carbocycles. The van der Waals surface area contributed by atoms with Gasteiger partial charge in [-0.25, -0.2) is 17.9 Å². The normalized spacial score (nSPS) is 17.7. The number of ether oxygens (including phenoxy) is 1. The minimum Gasteiger partial charge on any atom is -0.450 e. The molecule has 1 aliphatic heterocycles. The number of thiophene rings is 1. The standard InChI is InChI=1S/C35H45N5O6S2/c1-4-46-35(43)38-20-19-29-30(22-38)47-33(31(29)34(42)39-24(3)21-23(2)37-39)36-32(41)25-15-17-28(18-16-25)48(44,45)40(26-11-7-5-8-12-26)27-13-9-6-10-14-27/h15-18,21,26-27H,4-14,19-20,22H2,1-3H3,(H,36,41). The lowest BCUT2D eigenvalue weighted by Crippen LogP contribution is -2.48. The summed E-state index contributed by atoms with van der Waals surface area (Å²) in [7, 11) is -3.76. The molecule has 3 heterocycles. The zero-order chi connectivity index (χ0) is 34.0. The Morgan fingerprint density at radius 1 is 0.979 bits per heavy atom. The summed E-state index contributed by atoms with van der Waals surface area (Å²) in [5, 5.41) is 7.69. The highest BCUT2D eigenvalue weighted by molar-refractivity contribution is 7.89. The smallest absolute Gasteiger partial charge is 0.410 e. The number of amides is 2. The highest BCUT2D eigenvalue weighted by atomic mass is 32.2. The van der Waals surface area contributed by atoms with Crippen molar-refractivity contribution in [2.75, 3.05) is 18.5 Å². The van der Waals surface area contributed by atoms with E-state index >= 15 is 0 Å². The van der Waals surface area contributed by atoms with Gasteiger partial charge in [0.1, 0.15) is 5.00 Å². The summed E-state index contributed by atoms with van der Waals surface area (Å²) in [6, 6.07) is 7.98. The van der Waals surface area contributed by atoms with Gasteiger partial charge >= 0.3 is 6.09 Å². The van der Waals surface area contributed by atoms with Crippen LogP contribution in [0, 0.1) is 13.8 Å². The van der Waals surface area contributed by atoms with E-state index in [-0.39, 0.29) is 41.6 Å². The molecule has 0 radical (unpaired) electrons. The topological polar surface area (TPSA) is 131 Å². The minimum absolute atomic E-state index is 0.0117. The van der Waals surface area contributed by atoms with Crippen molar-refractivity contribution in [1.82, 2.24) is 19.0 Å². The molecule has 258 valence electrons. The van der Waals surface area contributed by atoms with Crippen molar-refractivity contribution < 1.29 is 27.5 Å². The monoisotopic (exact) mass is 695 g/mol. The summed E-state index contributed by atoms with van der Waals surface area (Å²) in [5.74, 6) is -0.816. The van der Waals surface area contributed by atoms with Gasteiger partial charge in [0, 0.05) is 34.8 Å². The van der Waals surface area contributed by atoms with Gasteiger partial charge in [-0.15, -0.1) is 11.3 Å². The first-order valence-corrected chi connectivity index (χ1v) is 19.4.